The summed E-state index contributed by atoms with van der Waals surface area (Å²) in [4.78, 5) is 0. The van der Waals surface area contributed by atoms with Crippen LogP contribution in [0, 0.1) is 0 Å². The van der Waals surface area contributed by atoms with Gasteiger partial charge in [0.2, 0.25) is 0 Å². The van der Waals surface area contributed by atoms with Crippen molar-refractivity contribution in [1.82, 2.24) is 0 Å². The highest BCUT2D eigenvalue weighted by atomic mass is 32.2. The van der Waals surface area contributed by atoms with Crippen molar-refractivity contribution in [2.24, 2.45) is 5.73 Å². The Bertz CT molecular complexity index is 74.1. The molecule has 2 unspecified atom stereocenters. The molecule has 7 heavy (non-hydrogen) atoms. The van der Waals surface area contributed by atoms with Crippen molar-refractivity contribution in [2.75, 3.05) is 12.8 Å². The average molecular weight is 121 g/mol. The molecule has 2 nitrogen and oxygen atoms in total. The maximum atomic E-state index is 10.4. The molecule has 0 aliphatic rings. The molecule has 0 spiro atoms. The maximum absolute atomic E-state index is 10.4. The van der Waals surface area contributed by atoms with Crippen LogP contribution in [0.3, 0.4) is 0 Å². The van der Waals surface area contributed by atoms with E-state index in [4.69, 9.17) is 5.73 Å². The quantitative estimate of drug-likeness (QED) is 0.545. The Labute approximate surface area is 46.5 Å². The summed E-state index contributed by atoms with van der Waals surface area (Å²) >= 11 is 0. The summed E-state index contributed by atoms with van der Waals surface area (Å²) in [5, 5.41) is 0.153. The fourth-order valence-electron chi connectivity index (χ4n) is 0.136. The summed E-state index contributed by atoms with van der Waals surface area (Å²) in [6.07, 6.45) is 1.66. The first-order chi connectivity index (χ1) is 3.18. The Balaban J connectivity index is 3.34. The van der Waals surface area contributed by atoms with Crippen LogP contribution in [0.5, 0.6) is 0 Å². The van der Waals surface area contributed by atoms with Crippen molar-refractivity contribution in [3.8, 4) is 0 Å². The van der Waals surface area contributed by atoms with Crippen molar-refractivity contribution >= 4 is 10.8 Å². The number of nitrogens with two attached hydrogens (primary N) is 1. The second-order valence-corrected chi connectivity index (χ2v) is 3.35. The second-order valence-electron chi connectivity index (χ2n) is 1.54. The highest BCUT2D eigenvalue weighted by Crippen LogP contribution is 1.85. The SMILES string of the molecule is CC(CN)S(C)=O. The number of rotatable bonds is 2. The third-order valence-electron chi connectivity index (χ3n) is 0.899. The van der Waals surface area contributed by atoms with E-state index in [1.165, 1.54) is 0 Å². The van der Waals surface area contributed by atoms with E-state index >= 15 is 0 Å². The van der Waals surface area contributed by atoms with Crippen molar-refractivity contribution in [3.63, 3.8) is 0 Å². The van der Waals surface area contributed by atoms with Crippen LogP contribution in [-0.2, 0) is 10.8 Å². The lowest BCUT2D eigenvalue weighted by Gasteiger charge is -1.99. The normalized spacial score (nSPS) is 18.7. The number of hydrogen-bond acceptors (Lipinski definition) is 2. The van der Waals surface area contributed by atoms with E-state index in [0.717, 1.165) is 0 Å². The zero-order valence-corrected chi connectivity index (χ0v) is 5.49. The first-order valence-corrected chi connectivity index (χ1v) is 3.83. The maximum Gasteiger partial charge on any atom is 0.0439 e. The summed E-state index contributed by atoms with van der Waals surface area (Å²) < 4.78 is 10.4. The minimum atomic E-state index is -0.735. The molecule has 0 aromatic carbocycles. The molecule has 0 fully saturated rings. The van der Waals surface area contributed by atoms with Crippen LogP contribution in [0.2, 0.25) is 0 Å². The van der Waals surface area contributed by atoms with E-state index in [-0.39, 0.29) is 5.25 Å². The highest BCUT2D eigenvalue weighted by molar-refractivity contribution is 7.84. The van der Waals surface area contributed by atoms with Crippen molar-refractivity contribution < 1.29 is 4.21 Å². The predicted molar refractivity (Wildman–Crippen MR) is 32.6 cm³/mol. The molecule has 44 valence electrons. The molecular weight excluding hydrogens is 110 g/mol. The Kier molecular flexibility index (Phi) is 3.21. The van der Waals surface area contributed by atoms with Gasteiger partial charge < -0.3 is 5.73 Å². The molecule has 0 aromatic heterocycles. The monoisotopic (exact) mass is 121 g/mol. The minimum Gasteiger partial charge on any atom is -0.329 e. The highest BCUT2D eigenvalue weighted by Gasteiger charge is 1.99. The first-order valence-electron chi connectivity index (χ1n) is 2.20. The van der Waals surface area contributed by atoms with Gasteiger partial charge in [-0.1, -0.05) is 0 Å². The molecule has 0 aliphatic heterocycles. The minimum absolute atomic E-state index is 0.153. The van der Waals surface area contributed by atoms with Gasteiger partial charge in [-0.25, -0.2) is 0 Å². The predicted octanol–water partition coefficient (Wildman–Crippen LogP) is -0.288. The van der Waals surface area contributed by atoms with Crippen LogP contribution < -0.4 is 5.73 Å². The van der Waals surface area contributed by atoms with Crippen LogP contribution in [0.1, 0.15) is 6.92 Å². The molecule has 0 amide bonds. The van der Waals surface area contributed by atoms with E-state index in [2.05, 4.69) is 0 Å². The molecule has 0 aromatic rings. The Morgan fingerprint density at radius 3 is 2.29 bits per heavy atom. The topological polar surface area (TPSA) is 43.1 Å². The molecule has 0 aliphatic carbocycles. The smallest absolute Gasteiger partial charge is 0.0439 e. The van der Waals surface area contributed by atoms with Crippen LogP contribution >= 0.6 is 0 Å². The van der Waals surface area contributed by atoms with Gasteiger partial charge in [0, 0.05) is 28.9 Å². The third kappa shape index (κ3) is 2.76. The van der Waals surface area contributed by atoms with E-state index in [9.17, 15) is 4.21 Å². The van der Waals surface area contributed by atoms with Gasteiger partial charge >= 0.3 is 0 Å². The molecular formula is C4H11NOS. The summed E-state index contributed by atoms with van der Waals surface area (Å²) in [6.45, 7) is 2.39. The summed E-state index contributed by atoms with van der Waals surface area (Å²) in [5.41, 5.74) is 5.18. The Hall–Kier alpha value is 0.110. The van der Waals surface area contributed by atoms with Crippen LogP contribution in [0.4, 0.5) is 0 Å². The van der Waals surface area contributed by atoms with Crippen molar-refractivity contribution in [1.29, 1.82) is 0 Å². The third-order valence-corrected chi connectivity index (χ3v) is 2.22. The standard InChI is InChI=1S/C4H11NOS/c1-4(3-5)7(2)6/h4H,3,5H2,1-2H3. The molecule has 0 radical (unpaired) electrons. The van der Waals surface area contributed by atoms with Gasteiger partial charge in [-0.15, -0.1) is 0 Å². The molecule has 2 N–H and O–H groups in total. The van der Waals surface area contributed by atoms with Crippen LogP contribution in [0.15, 0.2) is 0 Å². The molecule has 2 atom stereocenters. The second kappa shape index (κ2) is 3.16. The molecule has 0 rings (SSSR count). The molecule has 3 heteroatoms. The van der Waals surface area contributed by atoms with Gasteiger partial charge in [0.1, 0.15) is 0 Å². The molecule has 0 heterocycles. The van der Waals surface area contributed by atoms with Crippen LogP contribution in [-0.4, -0.2) is 22.3 Å². The summed E-state index contributed by atoms with van der Waals surface area (Å²) in [5.74, 6) is 0. The summed E-state index contributed by atoms with van der Waals surface area (Å²) in [7, 11) is -0.735. The molecule has 0 saturated carbocycles. The Morgan fingerprint density at radius 1 is 1.86 bits per heavy atom. The largest absolute Gasteiger partial charge is 0.329 e. The van der Waals surface area contributed by atoms with Gasteiger partial charge in [-0.3, -0.25) is 4.21 Å². The lowest BCUT2D eigenvalue weighted by molar-refractivity contribution is 0.677. The molecule has 0 bridgehead atoms. The van der Waals surface area contributed by atoms with E-state index < -0.39 is 10.8 Å². The van der Waals surface area contributed by atoms with Gasteiger partial charge in [0.15, 0.2) is 0 Å². The average Bonchev–Trinajstić information content (AvgIpc) is 1.65. The van der Waals surface area contributed by atoms with Gasteiger partial charge in [0.25, 0.3) is 0 Å². The first kappa shape index (κ1) is 7.11. The van der Waals surface area contributed by atoms with Crippen LogP contribution in [0.25, 0.3) is 0 Å². The lowest BCUT2D eigenvalue weighted by atomic mass is 10.5. The van der Waals surface area contributed by atoms with Crippen molar-refractivity contribution in [2.45, 2.75) is 12.2 Å². The zero-order valence-electron chi connectivity index (χ0n) is 4.68. The van der Waals surface area contributed by atoms with E-state index in [0.29, 0.717) is 6.54 Å². The fourth-order valence-corrected chi connectivity index (χ4v) is 0.407. The zero-order chi connectivity index (χ0) is 5.86. The lowest BCUT2D eigenvalue weighted by Crippen LogP contribution is -2.20. The summed E-state index contributed by atoms with van der Waals surface area (Å²) in [6, 6.07) is 0. The van der Waals surface area contributed by atoms with E-state index in [1.54, 1.807) is 6.26 Å². The van der Waals surface area contributed by atoms with Crippen molar-refractivity contribution in [3.05, 3.63) is 0 Å². The Morgan fingerprint density at radius 2 is 2.29 bits per heavy atom. The number of hydrogen-bond donors (Lipinski definition) is 1. The van der Waals surface area contributed by atoms with Gasteiger partial charge in [0.05, 0.1) is 0 Å². The van der Waals surface area contributed by atoms with Gasteiger partial charge in [-0.05, 0) is 6.92 Å². The fraction of sp³-hybridized carbons (Fsp3) is 1.00. The molecule has 0 saturated heterocycles. The van der Waals surface area contributed by atoms with Gasteiger partial charge in [-0.2, -0.15) is 0 Å². The van der Waals surface area contributed by atoms with E-state index in [1.807, 2.05) is 6.92 Å².